The van der Waals surface area contributed by atoms with E-state index >= 15 is 0 Å². The molecule has 76 valence electrons. The summed E-state index contributed by atoms with van der Waals surface area (Å²) in [5, 5.41) is 11.8. The van der Waals surface area contributed by atoms with E-state index in [1.54, 1.807) is 24.3 Å². The minimum atomic E-state index is 0.0122. The summed E-state index contributed by atoms with van der Waals surface area (Å²) < 4.78 is 0. The molecule has 0 unspecified atom stereocenters. The summed E-state index contributed by atoms with van der Waals surface area (Å²) in [5.41, 5.74) is 0.716. The Labute approximate surface area is 83.8 Å². The Morgan fingerprint density at radius 1 is 1.43 bits per heavy atom. The SMILES string of the molecule is CC[C@H](C)C(=O)Nc1ccc(O)cc1. The van der Waals surface area contributed by atoms with Gasteiger partial charge in [-0.05, 0) is 30.7 Å². The molecule has 1 rings (SSSR count). The van der Waals surface area contributed by atoms with Gasteiger partial charge in [-0.3, -0.25) is 4.79 Å². The van der Waals surface area contributed by atoms with E-state index < -0.39 is 0 Å². The standard InChI is InChI=1S/C11H15NO2/c1-3-8(2)11(14)12-9-4-6-10(13)7-5-9/h4-8,13H,3H2,1-2H3,(H,12,14)/t8-/m0/s1. The van der Waals surface area contributed by atoms with Crippen molar-refractivity contribution >= 4 is 11.6 Å². The van der Waals surface area contributed by atoms with Crippen LogP contribution in [0.25, 0.3) is 0 Å². The average molecular weight is 193 g/mol. The van der Waals surface area contributed by atoms with Gasteiger partial charge in [0.1, 0.15) is 5.75 Å². The Hall–Kier alpha value is -1.51. The van der Waals surface area contributed by atoms with Gasteiger partial charge >= 0.3 is 0 Å². The quantitative estimate of drug-likeness (QED) is 0.724. The van der Waals surface area contributed by atoms with Crippen LogP contribution >= 0.6 is 0 Å². The highest BCUT2D eigenvalue weighted by Crippen LogP contribution is 2.15. The lowest BCUT2D eigenvalue weighted by atomic mass is 10.1. The molecule has 1 aromatic carbocycles. The van der Waals surface area contributed by atoms with Crippen LogP contribution in [0.15, 0.2) is 24.3 Å². The van der Waals surface area contributed by atoms with Gasteiger partial charge in [0.2, 0.25) is 5.91 Å². The van der Waals surface area contributed by atoms with Gasteiger partial charge in [0.05, 0.1) is 0 Å². The second-order valence-electron chi connectivity index (χ2n) is 3.35. The van der Waals surface area contributed by atoms with Gasteiger partial charge < -0.3 is 10.4 Å². The van der Waals surface area contributed by atoms with Crippen molar-refractivity contribution in [3.8, 4) is 5.75 Å². The van der Waals surface area contributed by atoms with Crippen molar-refractivity contribution < 1.29 is 9.90 Å². The molecular formula is C11H15NO2. The number of anilines is 1. The highest BCUT2D eigenvalue weighted by Gasteiger charge is 2.09. The number of rotatable bonds is 3. The van der Waals surface area contributed by atoms with E-state index in [0.29, 0.717) is 5.69 Å². The first-order valence-electron chi connectivity index (χ1n) is 4.73. The number of carbonyl (C=O) groups excluding carboxylic acids is 1. The van der Waals surface area contributed by atoms with Gasteiger partial charge in [0, 0.05) is 11.6 Å². The molecule has 1 amide bonds. The monoisotopic (exact) mass is 193 g/mol. The molecule has 1 aromatic rings. The van der Waals surface area contributed by atoms with E-state index in [-0.39, 0.29) is 17.6 Å². The first-order valence-corrected chi connectivity index (χ1v) is 4.73. The van der Waals surface area contributed by atoms with E-state index in [4.69, 9.17) is 5.11 Å². The van der Waals surface area contributed by atoms with Crippen LogP contribution in [0.3, 0.4) is 0 Å². The summed E-state index contributed by atoms with van der Waals surface area (Å²) in [6.07, 6.45) is 0.823. The summed E-state index contributed by atoms with van der Waals surface area (Å²) in [6, 6.07) is 6.45. The third-order valence-electron chi connectivity index (χ3n) is 2.19. The summed E-state index contributed by atoms with van der Waals surface area (Å²) >= 11 is 0. The zero-order valence-electron chi connectivity index (χ0n) is 8.45. The molecule has 0 bridgehead atoms. The fourth-order valence-electron chi connectivity index (χ4n) is 0.996. The van der Waals surface area contributed by atoms with Crippen LogP contribution in [0.1, 0.15) is 20.3 Å². The zero-order chi connectivity index (χ0) is 10.6. The van der Waals surface area contributed by atoms with Crippen molar-refractivity contribution in [2.24, 2.45) is 5.92 Å². The Bertz CT molecular complexity index is 306. The molecule has 0 aromatic heterocycles. The van der Waals surface area contributed by atoms with E-state index in [2.05, 4.69) is 5.32 Å². The number of hydrogen-bond acceptors (Lipinski definition) is 2. The summed E-state index contributed by atoms with van der Waals surface area (Å²) in [4.78, 5) is 11.5. The first-order chi connectivity index (χ1) is 6.63. The molecule has 3 nitrogen and oxygen atoms in total. The highest BCUT2D eigenvalue weighted by molar-refractivity contribution is 5.92. The molecule has 3 heteroatoms. The molecule has 0 aliphatic rings. The van der Waals surface area contributed by atoms with Crippen molar-refractivity contribution in [1.82, 2.24) is 0 Å². The lowest BCUT2D eigenvalue weighted by molar-refractivity contribution is -0.119. The molecule has 0 aliphatic carbocycles. The van der Waals surface area contributed by atoms with E-state index in [0.717, 1.165) is 6.42 Å². The second-order valence-corrected chi connectivity index (χ2v) is 3.35. The predicted molar refractivity (Wildman–Crippen MR) is 56.2 cm³/mol. The van der Waals surface area contributed by atoms with Gasteiger partial charge in [-0.2, -0.15) is 0 Å². The van der Waals surface area contributed by atoms with E-state index in [1.165, 1.54) is 0 Å². The fraction of sp³-hybridized carbons (Fsp3) is 0.364. The lowest BCUT2D eigenvalue weighted by Gasteiger charge is -2.09. The Kier molecular flexibility index (Phi) is 3.51. The van der Waals surface area contributed by atoms with Crippen LogP contribution in [-0.2, 0) is 4.79 Å². The first kappa shape index (κ1) is 10.6. The van der Waals surface area contributed by atoms with Crippen LogP contribution in [0.2, 0.25) is 0 Å². The number of phenols is 1. The third kappa shape index (κ3) is 2.76. The van der Waals surface area contributed by atoms with Gasteiger partial charge in [-0.1, -0.05) is 13.8 Å². The van der Waals surface area contributed by atoms with Gasteiger partial charge in [0.25, 0.3) is 0 Å². The molecule has 2 N–H and O–H groups in total. The van der Waals surface area contributed by atoms with Crippen LogP contribution in [0.4, 0.5) is 5.69 Å². The van der Waals surface area contributed by atoms with Crippen LogP contribution in [-0.4, -0.2) is 11.0 Å². The second kappa shape index (κ2) is 4.65. The molecule has 0 fully saturated rings. The number of benzene rings is 1. The molecular weight excluding hydrogens is 178 g/mol. The summed E-state index contributed by atoms with van der Waals surface area (Å²) in [6.45, 7) is 3.86. The molecule has 0 saturated carbocycles. The Morgan fingerprint density at radius 3 is 2.50 bits per heavy atom. The third-order valence-corrected chi connectivity index (χ3v) is 2.19. The summed E-state index contributed by atoms with van der Waals surface area (Å²) in [5.74, 6) is 0.230. The van der Waals surface area contributed by atoms with Gasteiger partial charge in [0.15, 0.2) is 0 Å². The number of carbonyl (C=O) groups is 1. The normalized spacial score (nSPS) is 12.1. The predicted octanol–water partition coefficient (Wildman–Crippen LogP) is 2.38. The summed E-state index contributed by atoms with van der Waals surface area (Å²) in [7, 11) is 0. The van der Waals surface area contributed by atoms with Crippen molar-refractivity contribution in [3.05, 3.63) is 24.3 Å². The van der Waals surface area contributed by atoms with Gasteiger partial charge in [-0.25, -0.2) is 0 Å². The van der Waals surface area contributed by atoms with Crippen LogP contribution < -0.4 is 5.32 Å². The molecule has 0 aliphatic heterocycles. The molecule has 0 radical (unpaired) electrons. The Morgan fingerprint density at radius 2 is 2.00 bits per heavy atom. The van der Waals surface area contributed by atoms with Crippen LogP contribution in [0, 0.1) is 5.92 Å². The molecule has 14 heavy (non-hydrogen) atoms. The average Bonchev–Trinajstić information content (AvgIpc) is 2.20. The topological polar surface area (TPSA) is 49.3 Å². The molecule has 0 spiro atoms. The number of amides is 1. The lowest BCUT2D eigenvalue weighted by Crippen LogP contribution is -2.19. The van der Waals surface area contributed by atoms with E-state index in [1.807, 2.05) is 13.8 Å². The zero-order valence-corrected chi connectivity index (χ0v) is 8.45. The molecule has 0 heterocycles. The minimum Gasteiger partial charge on any atom is -0.508 e. The molecule has 0 saturated heterocycles. The smallest absolute Gasteiger partial charge is 0.227 e. The maximum Gasteiger partial charge on any atom is 0.227 e. The molecule has 1 atom stereocenters. The van der Waals surface area contributed by atoms with Crippen molar-refractivity contribution in [2.75, 3.05) is 5.32 Å². The maximum absolute atomic E-state index is 11.5. The van der Waals surface area contributed by atoms with Crippen molar-refractivity contribution in [1.29, 1.82) is 0 Å². The van der Waals surface area contributed by atoms with Crippen LogP contribution in [0.5, 0.6) is 5.75 Å². The highest BCUT2D eigenvalue weighted by atomic mass is 16.3. The Balaban J connectivity index is 2.60. The van der Waals surface area contributed by atoms with E-state index in [9.17, 15) is 4.79 Å². The van der Waals surface area contributed by atoms with Crippen molar-refractivity contribution in [2.45, 2.75) is 20.3 Å². The number of hydrogen-bond donors (Lipinski definition) is 2. The fourth-order valence-corrected chi connectivity index (χ4v) is 0.996. The minimum absolute atomic E-state index is 0.0122. The number of phenolic OH excluding ortho intramolecular Hbond substituents is 1. The largest absolute Gasteiger partial charge is 0.508 e. The number of aromatic hydroxyl groups is 1. The van der Waals surface area contributed by atoms with Gasteiger partial charge in [-0.15, -0.1) is 0 Å². The maximum atomic E-state index is 11.5. The van der Waals surface area contributed by atoms with Crippen molar-refractivity contribution in [3.63, 3.8) is 0 Å². The number of nitrogens with one attached hydrogen (secondary N) is 1.